The van der Waals surface area contributed by atoms with Crippen LogP contribution in [0.5, 0.6) is 0 Å². The topological polar surface area (TPSA) is 127 Å². The Labute approximate surface area is 186 Å². The van der Waals surface area contributed by atoms with Crippen molar-refractivity contribution in [3.8, 4) is 0 Å². The Morgan fingerprint density at radius 3 is 2.84 bits per heavy atom. The van der Waals surface area contributed by atoms with Crippen LogP contribution in [0.2, 0.25) is 5.02 Å². The van der Waals surface area contributed by atoms with E-state index in [0.29, 0.717) is 12.0 Å². The first-order valence-electron chi connectivity index (χ1n) is 9.18. The molecule has 31 heavy (non-hydrogen) atoms. The van der Waals surface area contributed by atoms with Gasteiger partial charge in [0.15, 0.2) is 0 Å². The molecule has 1 aliphatic rings. The van der Waals surface area contributed by atoms with Gasteiger partial charge in [0.1, 0.15) is 5.02 Å². The average molecular weight is 464 g/mol. The maximum Gasteiger partial charge on any atom is 0.293 e. The van der Waals surface area contributed by atoms with Gasteiger partial charge in [-0.25, -0.2) is 0 Å². The van der Waals surface area contributed by atoms with Crippen LogP contribution in [-0.4, -0.2) is 49.7 Å². The fourth-order valence-electron chi connectivity index (χ4n) is 2.86. The number of nitro benzene ring substituents is 1. The summed E-state index contributed by atoms with van der Waals surface area (Å²) in [6, 6.07) is 4.11. The molecule has 1 saturated heterocycles. The number of thioether (sulfide) groups is 1. The second-order valence-electron chi connectivity index (χ2n) is 6.67. The van der Waals surface area contributed by atoms with E-state index in [9.17, 15) is 24.5 Å². The Hall–Kier alpha value is -3.18. The van der Waals surface area contributed by atoms with Gasteiger partial charge < -0.3 is 5.32 Å². The van der Waals surface area contributed by atoms with Gasteiger partial charge in [-0.3, -0.25) is 34.1 Å². The SMILES string of the molecule is Cn1cc(CCC(=O)NCCN2C(=O)S/C(=C/c3ccc(Cl)c([N+](=O)[O-])c3)C2=O)cn1. The zero-order valence-corrected chi connectivity index (χ0v) is 18.0. The van der Waals surface area contributed by atoms with E-state index in [1.165, 1.54) is 24.3 Å². The normalized spacial score (nSPS) is 15.0. The lowest BCUT2D eigenvalue weighted by molar-refractivity contribution is -0.384. The molecule has 3 rings (SSSR count). The molecule has 1 aromatic heterocycles. The number of nitrogens with one attached hydrogen (secondary N) is 1. The molecule has 12 heteroatoms. The third kappa shape index (κ3) is 5.70. The molecular weight excluding hydrogens is 446 g/mol. The first-order valence-corrected chi connectivity index (χ1v) is 10.4. The number of aryl methyl sites for hydroxylation is 2. The fourth-order valence-corrected chi connectivity index (χ4v) is 3.91. The Morgan fingerprint density at radius 2 is 2.16 bits per heavy atom. The molecule has 0 bridgehead atoms. The van der Waals surface area contributed by atoms with E-state index in [2.05, 4.69) is 10.4 Å². The Bertz CT molecular complexity index is 1080. The monoisotopic (exact) mass is 463 g/mol. The average Bonchev–Trinajstić information content (AvgIpc) is 3.25. The van der Waals surface area contributed by atoms with E-state index in [1.54, 1.807) is 17.9 Å². The minimum absolute atomic E-state index is 0.0190. The van der Waals surface area contributed by atoms with Gasteiger partial charge in [0.05, 0.1) is 16.0 Å². The largest absolute Gasteiger partial charge is 0.354 e. The second kappa shape index (κ2) is 9.75. The number of carbonyl (C=O) groups is 3. The molecule has 1 aliphatic heterocycles. The molecule has 1 aromatic carbocycles. The van der Waals surface area contributed by atoms with E-state index in [-0.39, 0.29) is 41.0 Å². The molecule has 0 radical (unpaired) electrons. The zero-order valence-electron chi connectivity index (χ0n) is 16.4. The summed E-state index contributed by atoms with van der Waals surface area (Å²) in [5, 5.41) is 17.2. The summed E-state index contributed by atoms with van der Waals surface area (Å²) in [4.78, 5) is 48.2. The number of hydrogen-bond donors (Lipinski definition) is 1. The summed E-state index contributed by atoms with van der Waals surface area (Å²) in [7, 11) is 1.79. The van der Waals surface area contributed by atoms with Crippen molar-refractivity contribution in [3.63, 3.8) is 0 Å². The van der Waals surface area contributed by atoms with Crippen molar-refractivity contribution >= 4 is 52.2 Å². The minimum atomic E-state index is -0.623. The first-order chi connectivity index (χ1) is 14.7. The summed E-state index contributed by atoms with van der Waals surface area (Å²) < 4.78 is 1.66. The van der Waals surface area contributed by atoms with Gasteiger partial charge in [-0.2, -0.15) is 5.10 Å². The predicted molar refractivity (Wildman–Crippen MR) is 115 cm³/mol. The third-order valence-electron chi connectivity index (χ3n) is 4.39. The highest BCUT2D eigenvalue weighted by molar-refractivity contribution is 8.18. The molecule has 0 unspecified atom stereocenters. The minimum Gasteiger partial charge on any atom is -0.354 e. The predicted octanol–water partition coefficient (Wildman–Crippen LogP) is 2.77. The number of imide groups is 1. The lowest BCUT2D eigenvalue weighted by Gasteiger charge is -2.12. The van der Waals surface area contributed by atoms with E-state index < -0.39 is 16.1 Å². The summed E-state index contributed by atoms with van der Waals surface area (Å²) >= 11 is 6.53. The van der Waals surface area contributed by atoms with Crippen molar-refractivity contribution in [2.75, 3.05) is 13.1 Å². The number of rotatable bonds is 8. The Balaban J connectivity index is 1.54. The maximum atomic E-state index is 12.5. The van der Waals surface area contributed by atoms with Gasteiger partial charge in [-0.15, -0.1) is 0 Å². The van der Waals surface area contributed by atoms with Crippen LogP contribution in [0, 0.1) is 10.1 Å². The van der Waals surface area contributed by atoms with Gasteiger partial charge in [-0.1, -0.05) is 17.7 Å². The number of amides is 3. The molecule has 0 saturated carbocycles. The lowest BCUT2D eigenvalue weighted by Crippen LogP contribution is -2.37. The van der Waals surface area contributed by atoms with Gasteiger partial charge in [0.2, 0.25) is 5.91 Å². The van der Waals surface area contributed by atoms with Crippen molar-refractivity contribution in [2.24, 2.45) is 7.05 Å². The summed E-state index contributed by atoms with van der Waals surface area (Å²) in [5.41, 5.74) is 1.03. The molecule has 0 aliphatic carbocycles. The molecule has 1 fully saturated rings. The van der Waals surface area contributed by atoms with Gasteiger partial charge >= 0.3 is 0 Å². The van der Waals surface area contributed by atoms with Crippen molar-refractivity contribution in [1.29, 1.82) is 0 Å². The quantitative estimate of drug-likeness (QED) is 0.362. The molecule has 162 valence electrons. The van der Waals surface area contributed by atoms with Gasteiger partial charge in [-0.05, 0) is 41.5 Å². The molecular formula is C19H18ClN5O5S. The van der Waals surface area contributed by atoms with E-state index in [1.807, 2.05) is 6.20 Å². The van der Waals surface area contributed by atoms with Gasteiger partial charge in [0.25, 0.3) is 16.8 Å². The van der Waals surface area contributed by atoms with Crippen LogP contribution in [0.4, 0.5) is 10.5 Å². The van der Waals surface area contributed by atoms with Crippen molar-refractivity contribution in [3.05, 3.63) is 61.8 Å². The summed E-state index contributed by atoms with van der Waals surface area (Å²) in [6.07, 6.45) is 5.73. The van der Waals surface area contributed by atoms with Gasteiger partial charge in [0, 0.05) is 38.8 Å². The van der Waals surface area contributed by atoms with E-state index >= 15 is 0 Å². The van der Waals surface area contributed by atoms with E-state index in [4.69, 9.17) is 11.6 Å². The highest BCUT2D eigenvalue weighted by Gasteiger charge is 2.34. The Kier molecular flexibility index (Phi) is 7.08. The van der Waals surface area contributed by atoms with Crippen LogP contribution in [0.3, 0.4) is 0 Å². The van der Waals surface area contributed by atoms with Crippen LogP contribution in [0.25, 0.3) is 6.08 Å². The van der Waals surface area contributed by atoms with Crippen LogP contribution in [0.1, 0.15) is 17.5 Å². The number of nitrogens with zero attached hydrogens (tertiary/aromatic N) is 4. The van der Waals surface area contributed by atoms with Crippen LogP contribution >= 0.6 is 23.4 Å². The summed E-state index contributed by atoms with van der Waals surface area (Å²) in [5.74, 6) is -0.711. The van der Waals surface area contributed by atoms with Crippen molar-refractivity contribution in [1.82, 2.24) is 20.0 Å². The van der Waals surface area contributed by atoms with Crippen LogP contribution in [0.15, 0.2) is 35.5 Å². The molecule has 2 aromatic rings. The lowest BCUT2D eigenvalue weighted by atomic mass is 10.2. The zero-order chi connectivity index (χ0) is 22.5. The number of halogens is 1. The molecule has 3 amide bonds. The number of nitro groups is 1. The van der Waals surface area contributed by atoms with Crippen molar-refractivity contribution < 1.29 is 19.3 Å². The van der Waals surface area contributed by atoms with Crippen molar-refractivity contribution in [2.45, 2.75) is 12.8 Å². The molecule has 1 N–H and O–H groups in total. The summed E-state index contributed by atoms with van der Waals surface area (Å²) in [6.45, 7) is 0.158. The molecule has 10 nitrogen and oxygen atoms in total. The maximum absolute atomic E-state index is 12.5. The highest BCUT2D eigenvalue weighted by Crippen LogP contribution is 2.33. The second-order valence-corrected chi connectivity index (χ2v) is 8.07. The molecule has 0 atom stereocenters. The fraction of sp³-hybridized carbons (Fsp3) is 0.263. The third-order valence-corrected chi connectivity index (χ3v) is 5.62. The number of carbonyl (C=O) groups excluding carboxylic acids is 3. The number of hydrogen-bond acceptors (Lipinski definition) is 7. The smallest absolute Gasteiger partial charge is 0.293 e. The molecule has 2 heterocycles. The van der Waals surface area contributed by atoms with Crippen LogP contribution < -0.4 is 5.32 Å². The number of benzene rings is 1. The standard InChI is InChI=1S/C19H18ClN5O5S/c1-23-11-13(10-22-23)3-5-17(26)21-6-7-24-18(27)16(31-19(24)28)9-12-2-4-14(20)15(8-12)25(29)30/h2,4,8-11H,3,5-7H2,1H3,(H,21,26)/b16-9+. The van der Waals surface area contributed by atoms with Crippen LogP contribution in [-0.2, 0) is 23.1 Å². The first kappa shape index (κ1) is 22.5. The van der Waals surface area contributed by atoms with E-state index in [0.717, 1.165) is 22.2 Å². The molecule has 0 spiro atoms. The number of aromatic nitrogens is 2. The highest BCUT2D eigenvalue weighted by atomic mass is 35.5. The Morgan fingerprint density at radius 1 is 1.39 bits per heavy atom.